The molecule has 0 saturated carbocycles. The highest BCUT2D eigenvalue weighted by Crippen LogP contribution is 2.28. The number of benzene rings is 2. The summed E-state index contributed by atoms with van der Waals surface area (Å²) in [5.74, 6) is -0.914. The number of carbonyl (C=O) groups is 1. The van der Waals surface area contributed by atoms with Crippen molar-refractivity contribution in [3.8, 4) is 5.69 Å². The predicted octanol–water partition coefficient (Wildman–Crippen LogP) is 3.83. The third-order valence-corrected chi connectivity index (χ3v) is 5.91. The highest BCUT2D eigenvalue weighted by molar-refractivity contribution is 5.99. The average molecular weight is 428 g/mol. The molecule has 1 aliphatic rings. The van der Waals surface area contributed by atoms with Crippen LogP contribution in [0.4, 0.5) is 5.69 Å². The predicted molar refractivity (Wildman–Crippen MR) is 124 cm³/mol. The molecule has 2 aromatic heterocycles. The topological polar surface area (TPSA) is 74.5 Å². The van der Waals surface area contributed by atoms with Gasteiger partial charge in [-0.25, -0.2) is 9.48 Å². The van der Waals surface area contributed by atoms with Crippen LogP contribution in [0.25, 0.3) is 16.6 Å². The maximum Gasteiger partial charge on any atom is 0.335 e. The lowest BCUT2D eigenvalue weighted by Gasteiger charge is -2.25. The molecule has 0 bridgehead atoms. The first-order chi connectivity index (χ1) is 15.7. The van der Waals surface area contributed by atoms with Gasteiger partial charge in [0.1, 0.15) is 0 Å². The highest BCUT2D eigenvalue weighted by atomic mass is 16.4. The van der Waals surface area contributed by atoms with E-state index in [1.54, 1.807) is 18.3 Å². The molecule has 0 amide bonds. The fourth-order valence-electron chi connectivity index (χ4n) is 4.31. The van der Waals surface area contributed by atoms with Crippen molar-refractivity contribution >= 4 is 22.6 Å². The number of anilines is 1. The quantitative estimate of drug-likeness (QED) is 0.522. The Morgan fingerprint density at radius 3 is 2.69 bits per heavy atom. The number of carboxylic acids is 1. The van der Waals surface area contributed by atoms with Gasteiger partial charge in [0.05, 0.1) is 28.1 Å². The Morgan fingerprint density at radius 1 is 0.969 bits per heavy atom. The van der Waals surface area contributed by atoms with Crippen molar-refractivity contribution in [1.82, 2.24) is 19.7 Å². The molecule has 1 saturated heterocycles. The van der Waals surface area contributed by atoms with Gasteiger partial charge in [-0.3, -0.25) is 9.88 Å². The molecule has 0 radical (unpaired) electrons. The van der Waals surface area contributed by atoms with Crippen LogP contribution in [0.2, 0.25) is 0 Å². The van der Waals surface area contributed by atoms with Gasteiger partial charge in [-0.1, -0.05) is 24.3 Å². The van der Waals surface area contributed by atoms with Crippen LogP contribution < -0.4 is 4.90 Å². The van der Waals surface area contributed by atoms with Gasteiger partial charge in [0, 0.05) is 50.5 Å². The van der Waals surface area contributed by atoms with E-state index in [0.717, 1.165) is 67.1 Å². The van der Waals surface area contributed by atoms with Crippen LogP contribution in [0.3, 0.4) is 0 Å². The average Bonchev–Trinajstić information content (AvgIpc) is 3.17. The first-order valence-corrected chi connectivity index (χ1v) is 10.9. The van der Waals surface area contributed by atoms with Crippen LogP contribution in [0.1, 0.15) is 22.5 Å². The lowest BCUT2D eigenvalue weighted by Crippen LogP contribution is -2.31. The first-order valence-electron chi connectivity index (χ1n) is 10.9. The zero-order valence-electron chi connectivity index (χ0n) is 17.8. The SMILES string of the molecule is O=C(O)c1cc(N2CCCN(Cc3ccn(-c4ccccc4)n3)CC2)c2ncccc2c1. The lowest BCUT2D eigenvalue weighted by atomic mass is 10.1. The summed E-state index contributed by atoms with van der Waals surface area (Å²) in [6.45, 7) is 4.32. The van der Waals surface area contributed by atoms with Crippen molar-refractivity contribution in [2.75, 3.05) is 31.1 Å². The van der Waals surface area contributed by atoms with Crippen LogP contribution in [0.15, 0.2) is 73.1 Å². The second-order valence-corrected chi connectivity index (χ2v) is 8.08. The summed E-state index contributed by atoms with van der Waals surface area (Å²) in [5.41, 5.74) is 4.15. The molecule has 7 nitrogen and oxygen atoms in total. The van der Waals surface area contributed by atoms with Crippen molar-refractivity contribution < 1.29 is 9.90 Å². The van der Waals surface area contributed by atoms with Crippen LogP contribution in [-0.2, 0) is 6.54 Å². The standard InChI is InChI=1S/C25H25N5O2/c31-25(32)20-16-19-6-4-10-26-24(19)23(17-20)29-12-5-11-28(14-15-29)18-21-9-13-30(27-21)22-7-2-1-3-8-22/h1-4,6-10,13,16-17H,5,11-12,14-15,18H2,(H,31,32). The van der Waals surface area contributed by atoms with E-state index in [1.807, 2.05) is 53.3 Å². The Hall–Kier alpha value is -3.71. The Morgan fingerprint density at radius 2 is 1.84 bits per heavy atom. The van der Waals surface area contributed by atoms with E-state index in [2.05, 4.69) is 20.9 Å². The van der Waals surface area contributed by atoms with Crippen LogP contribution >= 0.6 is 0 Å². The Labute approximate surface area is 186 Å². The maximum atomic E-state index is 11.7. The monoisotopic (exact) mass is 427 g/mol. The molecule has 32 heavy (non-hydrogen) atoms. The highest BCUT2D eigenvalue weighted by Gasteiger charge is 2.20. The number of aromatic nitrogens is 3. The van der Waals surface area contributed by atoms with Crippen molar-refractivity contribution in [3.63, 3.8) is 0 Å². The molecule has 2 aromatic carbocycles. The Bertz CT molecular complexity index is 1240. The fourth-order valence-corrected chi connectivity index (χ4v) is 4.31. The van der Waals surface area contributed by atoms with Crippen molar-refractivity contribution in [2.24, 2.45) is 0 Å². The summed E-state index contributed by atoms with van der Waals surface area (Å²) < 4.78 is 1.91. The van der Waals surface area contributed by atoms with Gasteiger partial charge in [-0.2, -0.15) is 5.10 Å². The summed E-state index contributed by atoms with van der Waals surface area (Å²) in [4.78, 5) is 20.9. The second-order valence-electron chi connectivity index (χ2n) is 8.08. The number of carboxylic acid groups (broad SMARTS) is 1. The Balaban J connectivity index is 1.32. The normalized spacial score (nSPS) is 15.1. The second kappa shape index (κ2) is 8.80. The summed E-state index contributed by atoms with van der Waals surface area (Å²) in [7, 11) is 0. The maximum absolute atomic E-state index is 11.7. The van der Waals surface area contributed by atoms with Gasteiger partial charge in [0.2, 0.25) is 0 Å². The molecule has 4 aromatic rings. The molecule has 0 atom stereocenters. The van der Waals surface area contributed by atoms with E-state index in [9.17, 15) is 9.90 Å². The van der Waals surface area contributed by atoms with Gasteiger partial charge >= 0.3 is 5.97 Å². The smallest absolute Gasteiger partial charge is 0.335 e. The number of aromatic carboxylic acids is 1. The van der Waals surface area contributed by atoms with E-state index in [0.29, 0.717) is 5.56 Å². The molecule has 1 N–H and O–H groups in total. The number of pyridine rings is 1. The van der Waals surface area contributed by atoms with Crippen LogP contribution in [0.5, 0.6) is 0 Å². The molecular weight excluding hydrogens is 402 g/mol. The van der Waals surface area contributed by atoms with Crippen molar-refractivity contribution in [1.29, 1.82) is 0 Å². The third-order valence-electron chi connectivity index (χ3n) is 5.91. The fraction of sp³-hybridized carbons (Fsp3) is 0.240. The van der Waals surface area contributed by atoms with Gasteiger partial charge in [-0.15, -0.1) is 0 Å². The molecule has 1 aliphatic heterocycles. The minimum absolute atomic E-state index is 0.299. The summed E-state index contributed by atoms with van der Waals surface area (Å²) in [6.07, 6.45) is 4.76. The van der Waals surface area contributed by atoms with Crippen molar-refractivity contribution in [3.05, 3.63) is 84.3 Å². The molecule has 0 unspecified atom stereocenters. The van der Waals surface area contributed by atoms with Gasteiger partial charge < -0.3 is 10.0 Å². The zero-order valence-corrected chi connectivity index (χ0v) is 17.8. The van der Waals surface area contributed by atoms with E-state index < -0.39 is 5.97 Å². The first kappa shape index (κ1) is 20.2. The minimum Gasteiger partial charge on any atom is -0.478 e. The number of nitrogens with zero attached hydrogens (tertiary/aromatic N) is 5. The van der Waals surface area contributed by atoms with Gasteiger partial charge in [0.15, 0.2) is 0 Å². The number of fused-ring (bicyclic) bond motifs is 1. The molecule has 162 valence electrons. The Kier molecular flexibility index (Phi) is 5.56. The van der Waals surface area contributed by atoms with Gasteiger partial charge in [0.25, 0.3) is 0 Å². The van der Waals surface area contributed by atoms with Crippen LogP contribution in [0, 0.1) is 0 Å². The zero-order chi connectivity index (χ0) is 21.9. The van der Waals surface area contributed by atoms with Gasteiger partial charge in [-0.05, 0) is 42.8 Å². The summed E-state index contributed by atoms with van der Waals surface area (Å²) in [6, 6.07) is 19.4. The summed E-state index contributed by atoms with van der Waals surface area (Å²) in [5, 5.41) is 15.2. The van der Waals surface area contributed by atoms with Crippen LogP contribution in [-0.4, -0.2) is 56.9 Å². The third kappa shape index (κ3) is 4.20. The number of hydrogen-bond donors (Lipinski definition) is 1. The minimum atomic E-state index is -0.914. The van der Waals surface area contributed by atoms with Crippen molar-refractivity contribution in [2.45, 2.75) is 13.0 Å². The van der Waals surface area contributed by atoms with E-state index in [1.165, 1.54) is 0 Å². The number of para-hydroxylation sites is 1. The number of rotatable bonds is 5. The largest absolute Gasteiger partial charge is 0.478 e. The lowest BCUT2D eigenvalue weighted by molar-refractivity contribution is 0.0697. The van der Waals surface area contributed by atoms with E-state index in [-0.39, 0.29) is 0 Å². The molecule has 0 aliphatic carbocycles. The molecule has 5 rings (SSSR count). The van der Waals surface area contributed by atoms with E-state index in [4.69, 9.17) is 5.10 Å². The number of hydrogen-bond acceptors (Lipinski definition) is 5. The molecule has 3 heterocycles. The summed E-state index contributed by atoms with van der Waals surface area (Å²) >= 11 is 0. The molecule has 1 fully saturated rings. The molecular formula is C25H25N5O2. The molecule has 0 spiro atoms. The van der Waals surface area contributed by atoms with E-state index >= 15 is 0 Å². The molecule has 7 heteroatoms.